The molecule has 0 radical (unpaired) electrons. The molecule has 1 aromatic carbocycles. The van der Waals surface area contributed by atoms with Gasteiger partial charge in [0.25, 0.3) is 0 Å². The first-order chi connectivity index (χ1) is 13.2. The number of aryl methyl sites for hydroxylation is 1. The summed E-state index contributed by atoms with van der Waals surface area (Å²) in [6, 6.07) is 8.96. The minimum Gasteiger partial charge on any atom is -0.398 e. The number of fused-ring (bicyclic) bond motifs is 4. The van der Waals surface area contributed by atoms with Crippen molar-refractivity contribution in [3.63, 3.8) is 0 Å². The molecule has 1 aromatic heterocycles. The highest BCUT2D eigenvalue weighted by atomic mass is 16.7. The number of likely N-dealkylation sites (N-methyl/N-ethyl adjacent to an activating group) is 1. The Morgan fingerprint density at radius 3 is 2.85 bits per heavy atom. The highest BCUT2D eigenvalue weighted by Crippen LogP contribution is 2.44. The molecule has 1 saturated heterocycles. The van der Waals surface area contributed by atoms with E-state index in [-0.39, 0.29) is 12.1 Å². The number of benzene rings is 1. The average Bonchev–Trinajstić information content (AvgIpc) is 3.20. The number of hydrogen-bond acceptors (Lipinski definition) is 5. The summed E-state index contributed by atoms with van der Waals surface area (Å²) in [5.74, 6) is 0.541. The summed E-state index contributed by atoms with van der Waals surface area (Å²) in [4.78, 5) is 25.7. The third kappa shape index (κ3) is 2.80. The monoisotopic (exact) mass is 370 g/mol. The van der Waals surface area contributed by atoms with Crippen molar-refractivity contribution in [2.75, 3.05) is 20.7 Å². The van der Waals surface area contributed by atoms with Crippen molar-refractivity contribution < 1.29 is 14.5 Å². The number of nitrogens with zero attached hydrogens (tertiary/aromatic N) is 5. The van der Waals surface area contributed by atoms with Gasteiger partial charge in [0, 0.05) is 19.7 Å². The Balaban J connectivity index is 1.67. The molecule has 0 aliphatic carbocycles. The van der Waals surface area contributed by atoms with Crippen LogP contribution >= 0.6 is 0 Å². The van der Waals surface area contributed by atoms with Crippen molar-refractivity contribution in [3.05, 3.63) is 53.3 Å². The maximum atomic E-state index is 13.1. The first-order valence-electron chi connectivity index (χ1n) is 8.73. The summed E-state index contributed by atoms with van der Waals surface area (Å²) in [6.45, 7) is 0.823. The smallest absolute Gasteiger partial charge is 0.345 e. The van der Waals surface area contributed by atoms with E-state index in [1.807, 2.05) is 37.4 Å². The Hall–Kier alpha value is -3.07. The molecule has 2 aliphatic heterocycles. The van der Waals surface area contributed by atoms with Crippen LogP contribution in [0.5, 0.6) is 0 Å². The lowest BCUT2D eigenvalue weighted by molar-refractivity contribution is -0.141. The van der Waals surface area contributed by atoms with Crippen LogP contribution in [0, 0.1) is 0 Å². The number of urea groups is 1. The normalized spacial score (nSPS) is 21.4. The van der Waals surface area contributed by atoms with E-state index in [1.165, 1.54) is 12.2 Å². The second kappa shape index (κ2) is 6.92. The van der Waals surface area contributed by atoms with Crippen molar-refractivity contribution in [1.29, 1.82) is 0 Å². The van der Waals surface area contributed by atoms with Crippen LogP contribution in [0.15, 0.2) is 41.7 Å². The van der Waals surface area contributed by atoms with Crippen LogP contribution in [0.1, 0.15) is 28.9 Å². The summed E-state index contributed by atoms with van der Waals surface area (Å²) < 4.78 is 1.77. The molecule has 0 spiro atoms. The number of amides is 2. The van der Waals surface area contributed by atoms with E-state index in [2.05, 4.69) is 15.6 Å². The van der Waals surface area contributed by atoms with Crippen LogP contribution in [0.4, 0.5) is 4.79 Å². The molecule has 2 bridgehead atoms. The second-order valence-corrected chi connectivity index (χ2v) is 6.46. The van der Waals surface area contributed by atoms with Crippen molar-refractivity contribution in [3.8, 4) is 0 Å². The molecule has 3 heterocycles. The highest BCUT2D eigenvalue weighted by Gasteiger charge is 2.52. The summed E-state index contributed by atoms with van der Waals surface area (Å²) >= 11 is 0. The maximum Gasteiger partial charge on any atom is 0.345 e. The fraction of sp³-hybridized carbons (Fsp3) is 0.389. The van der Waals surface area contributed by atoms with Gasteiger partial charge in [0.05, 0.1) is 18.4 Å². The number of oxime groups is 1. The van der Waals surface area contributed by atoms with Gasteiger partial charge in [-0.25, -0.2) is 4.79 Å². The third-order valence-corrected chi connectivity index (χ3v) is 4.95. The van der Waals surface area contributed by atoms with Gasteiger partial charge in [0.1, 0.15) is 25.8 Å². The van der Waals surface area contributed by atoms with Gasteiger partial charge < -0.3 is 15.1 Å². The zero-order valence-corrected chi connectivity index (χ0v) is 15.5. The Morgan fingerprint density at radius 2 is 2.15 bits per heavy atom. The molecule has 142 valence electrons. The molecule has 1 N–H and O–H groups in total. The standard InChI is InChI=1S/C18H22N6O3/c1-19-17(21-26-3)16-15-13(9-20-22(15)2)14-10-23(16)18(25)24(14)27-11-12-7-5-4-6-8-12/h4-9,14,16H,10-11H2,1-3H3,(H,19,21)/t14-,16-/m0/s1. The van der Waals surface area contributed by atoms with E-state index >= 15 is 0 Å². The van der Waals surface area contributed by atoms with Gasteiger partial charge in [0.15, 0.2) is 5.84 Å². The fourth-order valence-corrected chi connectivity index (χ4v) is 3.71. The van der Waals surface area contributed by atoms with Crippen LogP contribution in [0.25, 0.3) is 0 Å². The molecule has 9 nitrogen and oxygen atoms in total. The zero-order chi connectivity index (χ0) is 19.0. The number of nitrogens with one attached hydrogen (secondary N) is 1. The molecular weight excluding hydrogens is 348 g/mol. The number of rotatable bonds is 5. The fourth-order valence-electron chi connectivity index (χ4n) is 3.71. The predicted molar refractivity (Wildman–Crippen MR) is 97.4 cm³/mol. The minimum atomic E-state index is -0.411. The van der Waals surface area contributed by atoms with Crippen molar-refractivity contribution in [2.24, 2.45) is 12.2 Å². The van der Waals surface area contributed by atoms with Crippen LogP contribution in [-0.4, -0.2) is 52.3 Å². The maximum absolute atomic E-state index is 13.1. The molecule has 9 heteroatoms. The number of hydrogen-bond donors (Lipinski definition) is 1. The van der Waals surface area contributed by atoms with Crippen LogP contribution in [0.3, 0.4) is 0 Å². The van der Waals surface area contributed by atoms with E-state index in [0.717, 1.165) is 16.8 Å². The number of carbonyl (C=O) groups is 1. The van der Waals surface area contributed by atoms with Gasteiger partial charge in [-0.1, -0.05) is 35.5 Å². The topological polar surface area (TPSA) is 84.2 Å². The van der Waals surface area contributed by atoms with Gasteiger partial charge >= 0.3 is 6.03 Å². The van der Waals surface area contributed by atoms with Crippen LogP contribution in [-0.2, 0) is 23.3 Å². The van der Waals surface area contributed by atoms with Crippen molar-refractivity contribution in [2.45, 2.75) is 18.7 Å². The van der Waals surface area contributed by atoms with E-state index in [0.29, 0.717) is 19.0 Å². The van der Waals surface area contributed by atoms with Gasteiger partial charge in [-0.2, -0.15) is 10.2 Å². The van der Waals surface area contributed by atoms with Crippen LogP contribution in [0.2, 0.25) is 0 Å². The zero-order valence-electron chi connectivity index (χ0n) is 15.5. The summed E-state index contributed by atoms with van der Waals surface area (Å²) in [5, 5.41) is 13.0. The Bertz CT molecular complexity index is 865. The Kier molecular flexibility index (Phi) is 4.44. The minimum absolute atomic E-state index is 0.198. The van der Waals surface area contributed by atoms with Gasteiger partial charge in [-0.15, -0.1) is 0 Å². The molecule has 0 saturated carbocycles. The molecule has 2 aromatic rings. The van der Waals surface area contributed by atoms with Crippen molar-refractivity contribution >= 4 is 11.9 Å². The van der Waals surface area contributed by atoms with E-state index in [4.69, 9.17) is 9.68 Å². The van der Waals surface area contributed by atoms with Gasteiger partial charge in [-0.3, -0.25) is 9.52 Å². The number of hydroxylamine groups is 2. The molecule has 2 amide bonds. The SMILES string of the molecule is CN/C(=N\OC)[C@@H]1c2c(cnn2C)[C@@H]2CN1C(=O)N2OCc1ccccc1. The lowest BCUT2D eigenvalue weighted by atomic mass is 9.97. The summed E-state index contributed by atoms with van der Waals surface area (Å²) in [5.41, 5.74) is 2.86. The van der Waals surface area contributed by atoms with E-state index in [9.17, 15) is 4.79 Å². The largest absolute Gasteiger partial charge is 0.398 e. The van der Waals surface area contributed by atoms with Crippen LogP contribution < -0.4 is 5.32 Å². The molecular formula is C18H22N6O3. The number of carbonyl (C=O) groups excluding carboxylic acids is 1. The lowest BCUT2D eigenvalue weighted by Gasteiger charge is -2.31. The number of aromatic nitrogens is 2. The Labute approximate surface area is 157 Å². The quantitative estimate of drug-likeness (QED) is 0.491. The van der Waals surface area contributed by atoms with E-state index < -0.39 is 6.04 Å². The first-order valence-corrected chi connectivity index (χ1v) is 8.73. The summed E-state index contributed by atoms with van der Waals surface area (Å²) in [6.07, 6.45) is 1.79. The van der Waals surface area contributed by atoms with Gasteiger partial charge in [0.2, 0.25) is 0 Å². The second-order valence-electron chi connectivity index (χ2n) is 6.46. The number of amidine groups is 1. The molecule has 2 aliphatic rings. The predicted octanol–water partition coefficient (Wildman–Crippen LogP) is 1.56. The molecule has 2 atom stereocenters. The van der Waals surface area contributed by atoms with E-state index in [1.54, 1.807) is 22.8 Å². The highest BCUT2D eigenvalue weighted by molar-refractivity contribution is 5.93. The lowest BCUT2D eigenvalue weighted by Crippen LogP contribution is -2.43. The molecule has 27 heavy (non-hydrogen) atoms. The first kappa shape index (κ1) is 17.3. The third-order valence-electron chi connectivity index (χ3n) is 4.95. The van der Waals surface area contributed by atoms with Gasteiger partial charge in [-0.05, 0) is 5.56 Å². The molecule has 4 rings (SSSR count). The molecule has 1 fully saturated rings. The van der Waals surface area contributed by atoms with Crippen molar-refractivity contribution in [1.82, 2.24) is 25.1 Å². The summed E-state index contributed by atoms with van der Waals surface area (Å²) in [7, 11) is 5.09. The Morgan fingerprint density at radius 1 is 1.37 bits per heavy atom. The molecule has 0 unspecified atom stereocenters. The average molecular weight is 370 g/mol.